The fraction of sp³-hybridized carbons (Fsp3) is 0.500. The average molecular weight is 556 g/mol. The lowest BCUT2D eigenvalue weighted by Gasteiger charge is -2.34. The number of benzene rings is 2. The van der Waals surface area contributed by atoms with Gasteiger partial charge in [0.1, 0.15) is 17.5 Å². The van der Waals surface area contributed by atoms with Crippen LogP contribution in [0.1, 0.15) is 68.2 Å². The Labute approximate surface area is 234 Å². The number of rotatable bonds is 4. The number of carbonyl (C=O) groups is 1. The summed E-state index contributed by atoms with van der Waals surface area (Å²) in [5.41, 5.74) is 2.15. The van der Waals surface area contributed by atoms with E-state index in [4.69, 9.17) is 21.7 Å². The van der Waals surface area contributed by atoms with Gasteiger partial charge in [0, 0.05) is 54.6 Å². The van der Waals surface area contributed by atoms with Gasteiger partial charge in [0.15, 0.2) is 5.82 Å². The summed E-state index contributed by atoms with van der Waals surface area (Å²) in [4.78, 5) is 22.7. The fourth-order valence-electron chi connectivity index (χ4n) is 5.90. The minimum absolute atomic E-state index is 0.0419. The molecule has 2 atom stereocenters. The predicted octanol–water partition coefficient (Wildman–Crippen LogP) is 6.04. The molecule has 2 aliphatic rings. The second-order valence-electron chi connectivity index (χ2n) is 11.9. The summed E-state index contributed by atoms with van der Waals surface area (Å²) < 4.78 is 30.3. The van der Waals surface area contributed by atoms with Gasteiger partial charge in [0.25, 0.3) is 0 Å². The van der Waals surface area contributed by atoms with Crippen molar-refractivity contribution in [2.24, 2.45) is 5.92 Å². The summed E-state index contributed by atoms with van der Waals surface area (Å²) in [7, 11) is 0. The first-order chi connectivity index (χ1) is 18.4. The van der Waals surface area contributed by atoms with Crippen molar-refractivity contribution in [1.29, 1.82) is 0 Å². The van der Waals surface area contributed by atoms with Crippen molar-refractivity contribution in [1.82, 2.24) is 24.6 Å². The zero-order valence-electron chi connectivity index (χ0n) is 23.2. The standard InChI is InChI=1S/C30H36ClF2N5O/c1-18-14-22(7-9-26(18)31)38-19(2)34-28(35-38)20-10-12-36(13-11-20)29(39)25-17-37(30(3,4)5)16-24(25)23-8-6-21(32)15-27(23)33/h6-9,14-15,20,24-25H,10-13,16-17H2,1-5H3/t24-,25+/m0/s1. The first-order valence-corrected chi connectivity index (χ1v) is 14.0. The number of hydrogen-bond donors (Lipinski definition) is 0. The van der Waals surface area contributed by atoms with Crippen molar-refractivity contribution in [3.8, 4) is 5.69 Å². The summed E-state index contributed by atoms with van der Waals surface area (Å²) in [6, 6.07) is 9.50. The lowest BCUT2D eigenvalue weighted by Crippen LogP contribution is -2.44. The molecule has 2 saturated heterocycles. The molecule has 0 radical (unpaired) electrons. The maximum Gasteiger partial charge on any atom is 0.227 e. The zero-order chi connectivity index (χ0) is 28.1. The van der Waals surface area contributed by atoms with Crippen molar-refractivity contribution in [2.75, 3.05) is 26.2 Å². The molecule has 3 aromatic rings. The largest absolute Gasteiger partial charge is 0.342 e. The van der Waals surface area contributed by atoms with Gasteiger partial charge in [-0.2, -0.15) is 5.10 Å². The quantitative estimate of drug-likeness (QED) is 0.394. The molecule has 1 aromatic heterocycles. The second-order valence-corrected chi connectivity index (χ2v) is 12.3. The Hall–Kier alpha value is -2.84. The van der Waals surface area contributed by atoms with Crippen molar-refractivity contribution in [2.45, 2.75) is 64.8 Å². The lowest BCUT2D eigenvalue weighted by atomic mass is 9.86. The van der Waals surface area contributed by atoms with Crippen LogP contribution in [0.4, 0.5) is 8.78 Å². The van der Waals surface area contributed by atoms with E-state index >= 15 is 0 Å². The number of halogens is 3. The highest BCUT2D eigenvalue weighted by molar-refractivity contribution is 6.31. The molecule has 5 rings (SSSR count). The molecule has 0 aliphatic carbocycles. The number of amides is 1. The van der Waals surface area contributed by atoms with Gasteiger partial charge >= 0.3 is 0 Å². The Morgan fingerprint density at radius 1 is 1.03 bits per heavy atom. The highest BCUT2D eigenvalue weighted by atomic mass is 35.5. The van der Waals surface area contributed by atoms with Gasteiger partial charge in [-0.25, -0.2) is 18.4 Å². The van der Waals surface area contributed by atoms with E-state index in [1.165, 1.54) is 12.1 Å². The Bertz CT molecular complexity index is 1380. The molecule has 1 amide bonds. The lowest BCUT2D eigenvalue weighted by molar-refractivity contribution is -0.136. The Morgan fingerprint density at radius 3 is 2.38 bits per heavy atom. The molecule has 9 heteroatoms. The van der Waals surface area contributed by atoms with Crippen molar-refractivity contribution in [3.05, 3.63) is 75.8 Å². The topological polar surface area (TPSA) is 54.3 Å². The zero-order valence-corrected chi connectivity index (χ0v) is 24.0. The number of likely N-dealkylation sites (tertiary alicyclic amines) is 2. The summed E-state index contributed by atoms with van der Waals surface area (Å²) in [5, 5.41) is 5.52. The highest BCUT2D eigenvalue weighted by Gasteiger charge is 2.45. The number of piperidine rings is 1. The number of aromatic nitrogens is 3. The number of aryl methyl sites for hydroxylation is 2. The second kappa shape index (κ2) is 10.6. The molecule has 6 nitrogen and oxygen atoms in total. The highest BCUT2D eigenvalue weighted by Crippen LogP contribution is 2.39. The molecule has 2 fully saturated rings. The van der Waals surface area contributed by atoms with E-state index in [-0.39, 0.29) is 29.2 Å². The number of hydrogen-bond acceptors (Lipinski definition) is 4. The van der Waals surface area contributed by atoms with E-state index in [2.05, 4.69) is 25.7 Å². The van der Waals surface area contributed by atoms with Crippen LogP contribution in [0.15, 0.2) is 36.4 Å². The fourth-order valence-corrected chi connectivity index (χ4v) is 6.02. The molecule has 0 unspecified atom stereocenters. The number of nitrogens with zero attached hydrogens (tertiary/aromatic N) is 5. The first kappa shape index (κ1) is 27.7. The van der Waals surface area contributed by atoms with Gasteiger partial charge in [0.05, 0.1) is 11.6 Å². The monoisotopic (exact) mass is 555 g/mol. The van der Waals surface area contributed by atoms with Gasteiger partial charge in [-0.1, -0.05) is 17.7 Å². The molecule has 0 spiro atoms. The van der Waals surface area contributed by atoms with Gasteiger partial charge in [0.2, 0.25) is 5.91 Å². The first-order valence-electron chi connectivity index (χ1n) is 13.6. The van der Waals surface area contributed by atoms with Gasteiger partial charge in [-0.05, 0) is 82.9 Å². The van der Waals surface area contributed by atoms with Crippen molar-refractivity contribution >= 4 is 17.5 Å². The van der Waals surface area contributed by atoms with Crippen LogP contribution >= 0.6 is 11.6 Å². The Balaban J connectivity index is 1.30. The van der Waals surface area contributed by atoms with Crippen LogP contribution in [0.3, 0.4) is 0 Å². The normalized spacial score (nSPS) is 21.1. The van der Waals surface area contributed by atoms with Crippen LogP contribution in [-0.2, 0) is 4.79 Å². The van der Waals surface area contributed by atoms with Crippen LogP contribution in [0.5, 0.6) is 0 Å². The van der Waals surface area contributed by atoms with Crippen LogP contribution < -0.4 is 0 Å². The maximum absolute atomic E-state index is 14.8. The van der Waals surface area contributed by atoms with Crippen LogP contribution in [0, 0.1) is 31.4 Å². The maximum atomic E-state index is 14.8. The van der Waals surface area contributed by atoms with E-state index < -0.39 is 11.6 Å². The Kier molecular flexibility index (Phi) is 7.55. The summed E-state index contributed by atoms with van der Waals surface area (Å²) >= 11 is 6.20. The molecular weight excluding hydrogens is 520 g/mol. The molecular formula is C30H36ClF2N5O. The van der Waals surface area contributed by atoms with Crippen LogP contribution in [0.25, 0.3) is 5.69 Å². The van der Waals surface area contributed by atoms with Crippen LogP contribution in [-0.4, -0.2) is 62.2 Å². The smallest absolute Gasteiger partial charge is 0.227 e. The summed E-state index contributed by atoms with van der Waals surface area (Å²) in [5.74, 6) is -0.0978. The van der Waals surface area contributed by atoms with Gasteiger partial charge in [-0.15, -0.1) is 0 Å². The minimum Gasteiger partial charge on any atom is -0.342 e. The molecule has 0 bridgehead atoms. The summed E-state index contributed by atoms with van der Waals surface area (Å²) in [6.45, 7) is 12.5. The van der Waals surface area contributed by atoms with E-state index in [9.17, 15) is 13.6 Å². The van der Waals surface area contributed by atoms with Crippen molar-refractivity contribution in [3.63, 3.8) is 0 Å². The SMILES string of the molecule is Cc1cc(-n2nc(C3CCN(C(=O)[C@@H]4CN(C(C)(C)C)C[C@H]4c4ccc(F)cc4F)CC3)nc2C)ccc1Cl. The third kappa shape index (κ3) is 5.59. The van der Waals surface area contributed by atoms with E-state index in [1.807, 2.05) is 41.6 Å². The van der Waals surface area contributed by atoms with Crippen LogP contribution in [0.2, 0.25) is 5.02 Å². The van der Waals surface area contributed by atoms with E-state index in [0.29, 0.717) is 36.8 Å². The van der Waals surface area contributed by atoms with Crippen molar-refractivity contribution < 1.29 is 13.6 Å². The third-order valence-corrected chi connectivity index (χ3v) is 8.72. The van der Waals surface area contributed by atoms with Gasteiger partial charge < -0.3 is 4.90 Å². The summed E-state index contributed by atoms with van der Waals surface area (Å²) in [6.07, 6.45) is 1.53. The Morgan fingerprint density at radius 2 is 1.74 bits per heavy atom. The molecule has 39 heavy (non-hydrogen) atoms. The molecule has 3 heterocycles. The molecule has 0 saturated carbocycles. The molecule has 2 aliphatic heterocycles. The third-order valence-electron chi connectivity index (χ3n) is 8.29. The number of carbonyl (C=O) groups excluding carboxylic acids is 1. The van der Waals surface area contributed by atoms with E-state index in [0.717, 1.165) is 41.8 Å². The van der Waals surface area contributed by atoms with E-state index in [1.54, 1.807) is 0 Å². The average Bonchev–Trinajstić information content (AvgIpc) is 3.50. The molecule has 2 aromatic carbocycles. The minimum atomic E-state index is -0.607. The van der Waals surface area contributed by atoms with Gasteiger partial charge in [-0.3, -0.25) is 9.69 Å². The predicted molar refractivity (Wildman–Crippen MR) is 148 cm³/mol. The molecule has 208 valence electrons. The molecule has 0 N–H and O–H groups in total.